The fourth-order valence-corrected chi connectivity index (χ4v) is 4.02. The van der Waals surface area contributed by atoms with Crippen molar-refractivity contribution in [2.24, 2.45) is 5.92 Å². The second-order valence-electron chi connectivity index (χ2n) is 7.33. The average molecular weight is 375 g/mol. The van der Waals surface area contributed by atoms with Crippen molar-refractivity contribution in [3.8, 4) is 0 Å². The van der Waals surface area contributed by atoms with Crippen LogP contribution in [0.1, 0.15) is 55.8 Å². The number of halogens is 1. The number of carbonyl (C=O) groups is 2. The van der Waals surface area contributed by atoms with Crippen LogP contribution in [-0.2, 0) is 4.79 Å². The smallest absolute Gasteiger partial charge is 0.253 e. The molecule has 1 atom stereocenters. The summed E-state index contributed by atoms with van der Waals surface area (Å²) in [4.78, 5) is 27.0. The van der Waals surface area contributed by atoms with Crippen molar-refractivity contribution >= 4 is 23.4 Å². The van der Waals surface area contributed by atoms with Gasteiger partial charge in [-0.3, -0.25) is 9.59 Å². The number of piperidine rings is 1. The summed E-state index contributed by atoms with van der Waals surface area (Å²) in [6.45, 7) is 3.30. The number of allylic oxidation sites excluding steroid dienone is 1. The maximum absolute atomic E-state index is 12.6. The molecule has 0 spiro atoms. The van der Waals surface area contributed by atoms with E-state index < -0.39 is 0 Å². The molecular weight excluding hydrogens is 348 g/mol. The van der Waals surface area contributed by atoms with Gasteiger partial charge in [0.25, 0.3) is 5.91 Å². The largest absolute Gasteiger partial charge is 0.350 e. The molecule has 1 saturated heterocycles. The van der Waals surface area contributed by atoms with Gasteiger partial charge in [-0.05, 0) is 63.6 Å². The Morgan fingerprint density at radius 1 is 1.23 bits per heavy atom. The van der Waals surface area contributed by atoms with E-state index in [-0.39, 0.29) is 23.8 Å². The number of amides is 2. The molecule has 1 aromatic rings. The van der Waals surface area contributed by atoms with E-state index >= 15 is 0 Å². The van der Waals surface area contributed by atoms with E-state index in [1.54, 1.807) is 24.3 Å². The monoisotopic (exact) mass is 374 g/mol. The molecule has 3 rings (SSSR count). The van der Waals surface area contributed by atoms with E-state index in [0.29, 0.717) is 36.5 Å². The molecule has 1 aliphatic heterocycles. The fourth-order valence-electron chi connectivity index (χ4n) is 3.83. The maximum atomic E-state index is 12.6. The van der Waals surface area contributed by atoms with E-state index in [9.17, 15) is 9.59 Å². The highest BCUT2D eigenvalue weighted by Crippen LogP contribution is 2.23. The van der Waals surface area contributed by atoms with Crippen LogP contribution in [0.2, 0.25) is 5.02 Å². The Hall–Kier alpha value is -1.81. The van der Waals surface area contributed by atoms with Crippen LogP contribution in [0.4, 0.5) is 0 Å². The summed E-state index contributed by atoms with van der Waals surface area (Å²) in [6, 6.07) is 7.15. The van der Waals surface area contributed by atoms with Gasteiger partial charge in [0.15, 0.2) is 0 Å². The number of nitrogens with zero attached hydrogens (tertiary/aromatic N) is 1. The number of likely N-dealkylation sites (tertiary alicyclic amines) is 1. The third-order valence-electron chi connectivity index (χ3n) is 5.47. The minimum Gasteiger partial charge on any atom is -0.350 e. The summed E-state index contributed by atoms with van der Waals surface area (Å²) in [5.74, 6) is 0.107. The first-order chi connectivity index (χ1) is 12.5. The molecule has 1 aromatic carbocycles. The van der Waals surface area contributed by atoms with Crippen LogP contribution < -0.4 is 5.32 Å². The van der Waals surface area contributed by atoms with E-state index in [1.165, 1.54) is 18.4 Å². The molecule has 1 fully saturated rings. The van der Waals surface area contributed by atoms with Gasteiger partial charge in [0.05, 0.1) is 0 Å². The Kier molecular flexibility index (Phi) is 6.36. The first kappa shape index (κ1) is 19.0. The zero-order chi connectivity index (χ0) is 18.5. The second-order valence-corrected chi connectivity index (χ2v) is 7.77. The Morgan fingerprint density at radius 3 is 2.65 bits per heavy atom. The molecule has 0 aromatic heterocycles. The molecule has 0 saturated carbocycles. The molecule has 140 valence electrons. The molecule has 1 unspecified atom stereocenters. The number of hydrogen-bond donors (Lipinski definition) is 1. The summed E-state index contributed by atoms with van der Waals surface area (Å²) in [5, 5.41) is 3.74. The normalized spacial score (nSPS) is 19.6. The summed E-state index contributed by atoms with van der Waals surface area (Å²) >= 11 is 5.98. The van der Waals surface area contributed by atoms with Crippen LogP contribution in [0.25, 0.3) is 0 Å². The van der Waals surface area contributed by atoms with Crippen molar-refractivity contribution in [2.75, 3.05) is 13.1 Å². The molecule has 1 N–H and O–H groups in total. The molecule has 1 aliphatic carbocycles. The average Bonchev–Trinajstić information content (AvgIpc) is 2.68. The van der Waals surface area contributed by atoms with Crippen molar-refractivity contribution in [3.63, 3.8) is 0 Å². The third kappa shape index (κ3) is 4.67. The summed E-state index contributed by atoms with van der Waals surface area (Å²) in [5.41, 5.74) is 1.97. The van der Waals surface area contributed by atoms with Crippen molar-refractivity contribution in [2.45, 2.75) is 51.5 Å². The highest BCUT2D eigenvalue weighted by molar-refractivity contribution is 6.30. The summed E-state index contributed by atoms with van der Waals surface area (Å²) in [7, 11) is 0. The highest BCUT2D eigenvalue weighted by atomic mass is 35.5. The first-order valence-corrected chi connectivity index (χ1v) is 9.96. The highest BCUT2D eigenvalue weighted by Gasteiger charge is 2.29. The lowest BCUT2D eigenvalue weighted by atomic mass is 9.92. The van der Waals surface area contributed by atoms with Gasteiger partial charge in [-0.25, -0.2) is 0 Å². The van der Waals surface area contributed by atoms with Crippen LogP contribution in [-0.4, -0.2) is 35.8 Å². The Bertz CT molecular complexity index is 693. The molecule has 0 bridgehead atoms. The maximum Gasteiger partial charge on any atom is 0.253 e. The lowest BCUT2D eigenvalue weighted by Gasteiger charge is -2.32. The van der Waals surface area contributed by atoms with Gasteiger partial charge in [0.2, 0.25) is 5.91 Å². The first-order valence-electron chi connectivity index (χ1n) is 9.59. The summed E-state index contributed by atoms with van der Waals surface area (Å²) < 4.78 is 0. The van der Waals surface area contributed by atoms with Crippen LogP contribution in [0.3, 0.4) is 0 Å². The molecule has 2 aliphatic rings. The van der Waals surface area contributed by atoms with Crippen LogP contribution in [0, 0.1) is 5.92 Å². The number of nitrogens with one attached hydrogen (secondary N) is 1. The van der Waals surface area contributed by atoms with Gasteiger partial charge in [-0.15, -0.1) is 0 Å². The lowest BCUT2D eigenvalue weighted by Crippen LogP contribution is -2.45. The van der Waals surface area contributed by atoms with Crippen molar-refractivity contribution in [1.82, 2.24) is 10.2 Å². The van der Waals surface area contributed by atoms with Crippen LogP contribution in [0.5, 0.6) is 0 Å². The summed E-state index contributed by atoms with van der Waals surface area (Å²) in [6.07, 6.45) is 8.39. The van der Waals surface area contributed by atoms with Crippen molar-refractivity contribution < 1.29 is 9.59 Å². The molecular formula is C21H27ClN2O2. The molecule has 26 heavy (non-hydrogen) atoms. The predicted octanol–water partition coefficient (Wildman–Crippen LogP) is 4.20. The van der Waals surface area contributed by atoms with Gasteiger partial charge in [-0.2, -0.15) is 0 Å². The van der Waals surface area contributed by atoms with Crippen molar-refractivity contribution in [3.05, 3.63) is 46.5 Å². The van der Waals surface area contributed by atoms with Gasteiger partial charge in [0, 0.05) is 35.6 Å². The Labute approximate surface area is 160 Å². The lowest BCUT2D eigenvalue weighted by molar-refractivity contribution is -0.126. The minimum atomic E-state index is -0.00921. The fraction of sp³-hybridized carbons (Fsp3) is 0.524. The Morgan fingerprint density at radius 2 is 2.00 bits per heavy atom. The second kappa shape index (κ2) is 8.72. The van der Waals surface area contributed by atoms with Crippen LogP contribution >= 0.6 is 11.6 Å². The standard InChI is InChI=1S/C21H27ClN2O2/c1-15(16-6-3-2-4-7-16)23-20(25)17-10-12-24(13-11-17)21(26)18-8-5-9-19(22)14-18/h5-6,8-9,14-15,17H,2-4,7,10-13H2,1H3,(H,23,25). The SMILES string of the molecule is CC(NC(=O)C1CCN(C(=O)c2cccc(Cl)c2)CC1)C1=CCCCC1. The van der Waals surface area contributed by atoms with E-state index in [0.717, 1.165) is 12.8 Å². The minimum absolute atomic E-state index is 0.00733. The quantitative estimate of drug-likeness (QED) is 0.803. The predicted molar refractivity (Wildman–Crippen MR) is 104 cm³/mol. The van der Waals surface area contributed by atoms with Gasteiger partial charge < -0.3 is 10.2 Å². The van der Waals surface area contributed by atoms with Gasteiger partial charge in [0.1, 0.15) is 0 Å². The number of carbonyl (C=O) groups excluding carboxylic acids is 2. The zero-order valence-electron chi connectivity index (χ0n) is 15.3. The number of hydrogen-bond acceptors (Lipinski definition) is 2. The topological polar surface area (TPSA) is 49.4 Å². The third-order valence-corrected chi connectivity index (χ3v) is 5.70. The van der Waals surface area contributed by atoms with Gasteiger partial charge >= 0.3 is 0 Å². The number of benzene rings is 1. The molecule has 5 heteroatoms. The van der Waals surface area contributed by atoms with Crippen LogP contribution in [0.15, 0.2) is 35.9 Å². The van der Waals surface area contributed by atoms with E-state index in [4.69, 9.17) is 11.6 Å². The molecule has 4 nitrogen and oxygen atoms in total. The Balaban J connectivity index is 1.50. The molecule has 2 amide bonds. The molecule has 0 radical (unpaired) electrons. The van der Waals surface area contributed by atoms with Gasteiger partial charge in [-0.1, -0.05) is 29.3 Å². The van der Waals surface area contributed by atoms with E-state index in [1.807, 2.05) is 4.90 Å². The van der Waals surface area contributed by atoms with E-state index in [2.05, 4.69) is 18.3 Å². The van der Waals surface area contributed by atoms with Crippen molar-refractivity contribution in [1.29, 1.82) is 0 Å². The zero-order valence-corrected chi connectivity index (χ0v) is 16.1. The molecule has 1 heterocycles. The number of rotatable bonds is 4.